The second kappa shape index (κ2) is 6.38. The minimum atomic E-state index is -0.242. The summed E-state index contributed by atoms with van der Waals surface area (Å²) in [7, 11) is 0. The maximum Gasteiger partial charge on any atom is 0.0540 e. The molecule has 0 aliphatic rings. The fourth-order valence-electron chi connectivity index (χ4n) is 0.700. The molecule has 0 aliphatic carbocycles. The molecule has 0 amide bonds. The second-order valence-corrected chi connectivity index (χ2v) is 2.94. The fraction of sp³-hybridized carbons (Fsp3) is 0.778. The van der Waals surface area contributed by atoms with Gasteiger partial charge in [-0.05, 0) is 25.7 Å². The molecule has 2 unspecified atom stereocenters. The molecule has 0 rings (SSSR count). The standard InChI is InChI=1S/C9H18O2/c1-8(9(2)11)6-4-3-5-7-10/h3-4,8-11H,5-7H2,1-2H3. The summed E-state index contributed by atoms with van der Waals surface area (Å²) in [4.78, 5) is 0. The number of rotatable bonds is 5. The molecule has 0 radical (unpaired) electrons. The van der Waals surface area contributed by atoms with Gasteiger partial charge in [0.05, 0.1) is 6.10 Å². The third-order valence-corrected chi connectivity index (χ3v) is 1.79. The van der Waals surface area contributed by atoms with E-state index < -0.39 is 0 Å². The number of aliphatic hydroxyl groups excluding tert-OH is 2. The van der Waals surface area contributed by atoms with Gasteiger partial charge in [-0.1, -0.05) is 19.1 Å². The molecule has 2 N–H and O–H groups in total. The van der Waals surface area contributed by atoms with Crippen LogP contribution in [0, 0.1) is 5.92 Å². The summed E-state index contributed by atoms with van der Waals surface area (Å²) < 4.78 is 0. The van der Waals surface area contributed by atoms with E-state index in [0.29, 0.717) is 12.3 Å². The number of aliphatic hydroxyl groups is 2. The lowest BCUT2D eigenvalue weighted by atomic mass is 10.0. The van der Waals surface area contributed by atoms with Crippen molar-refractivity contribution in [3.8, 4) is 0 Å². The molecule has 66 valence electrons. The van der Waals surface area contributed by atoms with Crippen molar-refractivity contribution < 1.29 is 10.2 Å². The van der Waals surface area contributed by atoms with E-state index in [9.17, 15) is 0 Å². The van der Waals surface area contributed by atoms with Crippen molar-refractivity contribution in [2.75, 3.05) is 6.61 Å². The van der Waals surface area contributed by atoms with Crippen molar-refractivity contribution in [2.45, 2.75) is 32.8 Å². The topological polar surface area (TPSA) is 40.5 Å². The fourth-order valence-corrected chi connectivity index (χ4v) is 0.700. The lowest BCUT2D eigenvalue weighted by Crippen LogP contribution is -2.11. The molecule has 0 aromatic rings. The monoisotopic (exact) mass is 158 g/mol. The van der Waals surface area contributed by atoms with Gasteiger partial charge in [-0.25, -0.2) is 0 Å². The van der Waals surface area contributed by atoms with Crippen LogP contribution in [0.3, 0.4) is 0 Å². The third-order valence-electron chi connectivity index (χ3n) is 1.79. The quantitative estimate of drug-likeness (QED) is 0.593. The lowest BCUT2D eigenvalue weighted by Gasteiger charge is -2.10. The average Bonchev–Trinajstić information content (AvgIpc) is 1.97. The maximum atomic E-state index is 9.09. The van der Waals surface area contributed by atoms with E-state index in [-0.39, 0.29) is 12.7 Å². The van der Waals surface area contributed by atoms with Crippen molar-refractivity contribution in [3.05, 3.63) is 12.2 Å². The summed E-state index contributed by atoms with van der Waals surface area (Å²) in [5.41, 5.74) is 0. The Labute approximate surface area is 68.6 Å². The molecule has 0 spiro atoms. The van der Waals surface area contributed by atoms with Gasteiger partial charge in [0.15, 0.2) is 0 Å². The molecule has 0 aromatic carbocycles. The Morgan fingerprint density at radius 1 is 1.27 bits per heavy atom. The Morgan fingerprint density at radius 3 is 2.36 bits per heavy atom. The van der Waals surface area contributed by atoms with Crippen LogP contribution in [0.25, 0.3) is 0 Å². The van der Waals surface area contributed by atoms with Crippen molar-refractivity contribution >= 4 is 0 Å². The highest BCUT2D eigenvalue weighted by molar-refractivity contribution is 4.83. The summed E-state index contributed by atoms with van der Waals surface area (Å²) in [5, 5.41) is 17.5. The number of hydrogen-bond donors (Lipinski definition) is 2. The molecular weight excluding hydrogens is 140 g/mol. The first-order chi connectivity index (χ1) is 5.18. The first-order valence-electron chi connectivity index (χ1n) is 4.12. The average molecular weight is 158 g/mol. The van der Waals surface area contributed by atoms with E-state index in [2.05, 4.69) is 0 Å². The number of allylic oxidation sites excluding steroid dienone is 1. The predicted molar refractivity (Wildman–Crippen MR) is 46.3 cm³/mol. The highest BCUT2D eigenvalue weighted by Crippen LogP contribution is 2.07. The van der Waals surface area contributed by atoms with Crippen LogP contribution in [0.2, 0.25) is 0 Å². The van der Waals surface area contributed by atoms with Gasteiger partial charge >= 0.3 is 0 Å². The van der Waals surface area contributed by atoms with E-state index in [0.717, 1.165) is 6.42 Å². The minimum absolute atomic E-state index is 0.208. The Balaban J connectivity index is 3.36. The van der Waals surface area contributed by atoms with Gasteiger partial charge < -0.3 is 10.2 Å². The number of hydrogen-bond acceptors (Lipinski definition) is 2. The van der Waals surface area contributed by atoms with Gasteiger partial charge in [-0.2, -0.15) is 0 Å². The normalized spacial score (nSPS) is 17.1. The Hall–Kier alpha value is -0.340. The van der Waals surface area contributed by atoms with Crippen molar-refractivity contribution in [3.63, 3.8) is 0 Å². The largest absolute Gasteiger partial charge is 0.396 e. The molecule has 0 aromatic heterocycles. The van der Waals surface area contributed by atoms with Crippen LogP contribution in [0.1, 0.15) is 26.7 Å². The summed E-state index contributed by atoms with van der Waals surface area (Å²) in [6.45, 7) is 4.01. The van der Waals surface area contributed by atoms with E-state index in [4.69, 9.17) is 10.2 Å². The Kier molecular flexibility index (Phi) is 6.18. The molecule has 2 heteroatoms. The summed E-state index contributed by atoms with van der Waals surface area (Å²) in [6, 6.07) is 0. The zero-order chi connectivity index (χ0) is 8.69. The van der Waals surface area contributed by atoms with Gasteiger partial charge in [0.2, 0.25) is 0 Å². The van der Waals surface area contributed by atoms with Gasteiger partial charge in [-0.3, -0.25) is 0 Å². The summed E-state index contributed by atoms with van der Waals surface area (Å²) in [6.07, 6.45) is 5.31. The molecule has 2 nitrogen and oxygen atoms in total. The highest BCUT2D eigenvalue weighted by Gasteiger charge is 2.04. The van der Waals surface area contributed by atoms with E-state index >= 15 is 0 Å². The molecule has 0 saturated carbocycles. The minimum Gasteiger partial charge on any atom is -0.396 e. The SMILES string of the molecule is CC(O)C(C)CC=CCCO. The van der Waals surface area contributed by atoms with Crippen LogP contribution in [-0.4, -0.2) is 22.9 Å². The predicted octanol–water partition coefficient (Wildman–Crippen LogP) is 1.33. The van der Waals surface area contributed by atoms with Crippen molar-refractivity contribution in [1.82, 2.24) is 0 Å². The van der Waals surface area contributed by atoms with E-state index in [1.54, 1.807) is 6.92 Å². The Morgan fingerprint density at radius 2 is 1.91 bits per heavy atom. The third kappa shape index (κ3) is 6.07. The van der Waals surface area contributed by atoms with Crippen molar-refractivity contribution in [1.29, 1.82) is 0 Å². The molecule has 11 heavy (non-hydrogen) atoms. The summed E-state index contributed by atoms with van der Waals surface area (Å²) in [5.74, 6) is 0.310. The Bertz CT molecular complexity index is 108. The maximum absolute atomic E-state index is 9.09. The van der Waals surface area contributed by atoms with Crippen LogP contribution in [0.15, 0.2) is 12.2 Å². The van der Waals surface area contributed by atoms with Gasteiger partial charge in [-0.15, -0.1) is 0 Å². The molecular formula is C9H18O2. The first-order valence-corrected chi connectivity index (χ1v) is 4.12. The molecule has 0 fully saturated rings. The lowest BCUT2D eigenvalue weighted by molar-refractivity contribution is 0.136. The van der Waals surface area contributed by atoms with E-state index in [1.165, 1.54) is 0 Å². The van der Waals surface area contributed by atoms with Gasteiger partial charge in [0.1, 0.15) is 0 Å². The highest BCUT2D eigenvalue weighted by atomic mass is 16.3. The zero-order valence-electron chi connectivity index (χ0n) is 7.33. The van der Waals surface area contributed by atoms with Crippen LogP contribution in [-0.2, 0) is 0 Å². The molecule has 0 bridgehead atoms. The molecule has 0 aliphatic heterocycles. The molecule has 0 saturated heterocycles. The van der Waals surface area contributed by atoms with Crippen LogP contribution >= 0.6 is 0 Å². The first kappa shape index (κ1) is 10.7. The van der Waals surface area contributed by atoms with Crippen LogP contribution in [0.5, 0.6) is 0 Å². The van der Waals surface area contributed by atoms with E-state index in [1.807, 2.05) is 19.1 Å². The molecule has 0 heterocycles. The molecule has 2 atom stereocenters. The zero-order valence-corrected chi connectivity index (χ0v) is 7.33. The van der Waals surface area contributed by atoms with Gasteiger partial charge in [0.25, 0.3) is 0 Å². The van der Waals surface area contributed by atoms with Crippen LogP contribution in [0.4, 0.5) is 0 Å². The van der Waals surface area contributed by atoms with Crippen LogP contribution < -0.4 is 0 Å². The van der Waals surface area contributed by atoms with Gasteiger partial charge in [0, 0.05) is 6.61 Å². The second-order valence-electron chi connectivity index (χ2n) is 2.94. The smallest absolute Gasteiger partial charge is 0.0540 e. The summed E-state index contributed by atoms with van der Waals surface area (Å²) >= 11 is 0. The van der Waals surface area contributed by atoms with Crippen molar-refractivity contribution in [2.24, 2.45) is 5.92 Å².